The molecule has 0 saturated carbocycles. The van der Waals surface area contributed by atoms with Crippen LogP contribution in [0.5, 0.6) is 0 Å². The third-order valence-electron chi connectivity index (χ3n) is 1.78. The predicted octanol–water partition coefficient (Wildman–Crippen LogP) is 1.39. The van der Waals surface area contributed by atoms with E-state index in [1.165, 1.54) is 18.2 Å². The second-order valence-corrected chi connectivity index (χ2v) is 2.75. The molecule has 1 aromatic carbocycles. The van der Waals surface area contributed by atoms with Crippen LogP contribution in [0.4, 0.5) is 4.39 Å². The van der Waals surface area contributed by atoms with E-state index in [4.69, 9.17) is 5.73 Å². The van der Waals surface area contributed by atoms with Gasteiger partial charge in [0.1, 0.15) is 11.9 Å². The van der Waals surface area contributed by atoms with E-state index in [1.807, 2.05) is 0 Å². The van der Waals surface area contributed by atoms with Crippen molar-refractivity contribution in [3.05, 3.63) is 35.6 Å². The lowest BCUT2D eigenvalue weighted by molar-refractivity contribution is -0.144. The van der Waals surface area contributed by atoms with Crippen molar-refractivity contribution in [1.29, 1.82) is 0 Å². The highest BCUT2D eigenvalue weighted by Crippen LogP contribution is 2.15. The number of hydrogen-bond donors (Lipinski definition) is 1. The first-order chi connectivity index (χ1) is 6.66. The summed E-state index contributed by atoms with van der Waals surface area (Å²) in [5.74, 6) is -1.11. The van der Waals surface area contributed by atoms with Crippen LogP contribution in [0.15, 0.2) is 24.3 Å². The standard InChI is InChI=1S/C10H12FNO2/c1-2-14-10(13)9(12)7-5-3-4-6-8(7)11/h3-6,9H,2,12H2,1H3/t9-/m0/s1. The van der Waals surface area contributed by atoms with Gasteiger partial charge in [0.25, 0.3) is 0 Å². The molecule has 1 aromatic rings. The first kappa shape index (κ1) is 10.7. The van der Waals surface area contributed by atoms with Crippen molar-refractivity contribution in [2.75, 3.05) is 6.61 Å². The Morgan fingerprint density at radius 1 is 1.57 bits per heavy atom. The summed E-state index contributed by atoms with van der Waals surface area (Å²) in [4.78, 5) is 11.2. The van der Waals surface area contributed by atoms with Crippen molar-refractivity contribution in [2.24, 2.45) is 5.73 Å². The minimum Gasteiger partial charge on any atom is -0.465 e. The molecule has 0 heterocycles. The van der Waals surface area contributed by atoms with Gasteiger partial charge in [-0.1, -0.05) is 18.2 Å². The highest BCUT2D eigenvalue weighted by atomic mass is 19.1. The largest absolute Gasteiger partial charge is 0.465 e. The third-order valence-corrected chi connectivity index (χ3v) is 1.78. The highest BCUT2D eigenvalue weighted by Gasteiger charge is 2.19. The molecular weight excluding hydrogens is 185 g/mol. The van der Waals surface area contributed by atoms with Gasteiger partial charge in [-0.3, -0.25) is 0 Å². The number of benzene rings is 1. The summed E-state index contributed by atoms with van der Waals surface area (Å²) in [6, 6.07) is 4.84. The molecule has 0 fully saturated rings. The predicted molar refractivity (Wildman–Crippen MR) is 50.0 cm³/mol. The maximum atomic E-state index is 13.2. The van der Waals surface area contributed by atoms with Crippen molar-refractivity contribution in [3.8, 4) is 0 Å². The molecule has 0 spiro atoms. The van der Waals surface area contributed by atoms with Crippen LogP contribution in [-0.2, 0) is 9.53 Å². The number of halogens is 1. The molecule has 1 rings (SSSR count). The van der Waals surface area contributed by atoms with Crippen LogP contribution in [0.1, 0.15) is 18.5 Å². The first-order valence-electron chi connectivity index (χ1n) is 4.33. The van der Waals surface area contributed by atoms with Crippen molar-refractivity contribution >= 4 is 5.97 Å². The number of nitrogens with two attached hydrogens (primary N) is 1. The Morgan fingerprint density at radius 2 is 2.21 bits per heavy atom. The lowest BCUT2D eigenvalue weighted by Gasteiger charge is -2.11. The quantitative estimate of drug-likeness (QED) is 0.745. The normalized spacial score (nSPS) is 12.2. The lowest BCUT2D eigenvalue weighted by Crippen LogP contribution is -2.24. The fourth-order valence-corrected chi connectivity index (χ4v) is 1.09. The van der Waals surface area contributed by atoms with E-state index in [9.17, 15) is 9.18 Å². The lowest BCUT2D eigenvalue weighted by atomic mass is 10.1. The maximum absolute atomic E-state index is 13.2. The van der Waals surface area contributed by atoms with E-state index in [0.717, 1.165) is 0 Å². The Labute approximate surface area is 81.7 Å². The zero-order valence-corrected chi connectivity index (χ0v) is 7.87. The number of esters is 1. The van der Waals surface area contributed by atoms with Crippen LogP contribution in [0, 0.1) is 5.82 Å². The van der Waals surface area contributed by atoms with Crippen LogP contribution in [0.25, 0.3) is 0 Å². The van der Waals surface area contributed by atoms with E-state index in [0.29, 0.717) is 0 Å². The number of ether oxygens (including phenoxy) is 1. The second kappa shape index (κ2) is 4.72. The molecule has 0 saturated heterocycles. The minimum atomic E-state index is -1.05. The average Bonchev–Trinajstić information content (AvgIpc) is 2.18. The Morgan fingerprint density at radius 3 is 2.79 bits per heavy atom. The van der Waals surface area contributed by atoms with Crippen molar-refractivity contribution in [2.45, 2.75) is 13.0 Å². The van der Waals surface area contributed by atoms with Crippen LogP contribution >= 0.6 is 0 Å². The molecule has 0 aliphatic heterocycles. The Bertz CT molecular complexity index is 328. The highest BCUT2D eigenvalue weighted by molar-refractivity contribution is 5.77. The molecule has 2 N–H and O–H groups in total. The summed E-state index contributed by atoms with van der Waals surface area (Å²) in [6.45, 7) is 1.91. The third kappa shape index (κ3) is 2.29. The molecule has 0 unspecified atom stereocenters. The van der Waals surface area contributed by atoms with E-state index in [2.05, 4.69) is 4.74 Å². The molecule has 0 radical (unpaired) electrons. The summed E-state index contributed by atoms with van der Waals surface area (Å²) >= 11 is 0. The van der Waals surface area contributed by atoms with Crippen LogP contribution in [0.3, 0.4) is 0 Å². The van der Waals surface area contributed by atoms with E-state index in [1.54, 1.807) is 13.0 Å². The molecule has 0 aliphatic rings. The molecule has 0 amide bonds. The zero-order chi connectivity index (χ0) is 10.6. The van der Waals surface area contributed by atoms with Gasteiger partial charge >= 0.3 is 5.97 Å². The number of carbonyl (C=O) groups excluding carboxylic acids is 1. The Kier molecular flexibility index (Phi) is 3.59. The van der Waals surface area contributed by atoms with Gasteiger partial charge in [-0.05, 0) is 13.0 Å². The fraction of sp³-hybridized carbons (Fsp3) is 0.300. The van der Waals surface area contributed by atoms with Crippen molar-refractivity contribution in [1.82, 2.24) is 0 Å². The molecule has 0 aliphatic carbocycles. The van der Waals surface area contributed by atoms with E-state index < -0.39 is 17.8 Å². The van der Waals surface area contributed by atoms with E-state index in [-0.39, 0.29) is 12.2 Å². The number of rotatable bonds is 3. The van der Waals surface area contributed by atoms with Gasteiger partial charge in [0.15, 0.2) is 0 Å². The fourth-order valence-electron chi connectivity index (χ4n) is 1.09. The SMILES string of the molecule is CCOC(=O)[C@@H](N)c1ccccc1F. The molecule has 0 aromatic heterocycles. The van der Waals surface area contributed by atoms with Gasteiger partial charge in [-0.2, -0.15) is 0 Å². The molecule has 14 heavy (non-hydrogen) atoms. The summed E-state index contributed by atoms with van der Waals surface area (Å²) in [5, 5.41) is 0. The minimum absolute atomic E-state index is 0.158. The topological polar surface area (TPSA) is 52.3 Å². The summed E-state index contributed by atoms with van der Waals surface area (Å²) in [5.41, 5.74) is 5.67. The van der Waals surface area contributed by atoms with Gasteiger partial charge in [-0.15, -0.1) is 0 Å². The summed E-state index contributed by atoms with van der Waals surface area (Å²) in [7, 11) is 0. The Balaban J connectivity index is 2.84. The van der Waals surface area contributed by atoms with Crippen molar-refractivity contribution in [3.63, 3.8) is 0 Å². The molecule has 0 bridgehead atoms. The average molecular weight is 197 g/mol. The van der Waals surface area contributed by atoms with Gasteiger partial charge in [0, 0.05) is 5.56 Å². The van der Waals surface area contributed by atoms with Gasteiger partial charge in [-0.25, -0.2) is 9.18 Å². The van der Waals surface area contributed by atoms with Crippen LogP contribution in [0.2, 0.25) is 0 Å². The number of carbonyl (C=O) groups is 1. The first-order valence-corrected chi connectivity index (χ1v) is 4.33. The number of hydrogen-bond acceptors (Lipinski definition) is 3. The summed E-state index contributed by atoms with van der Waals surface area (Å²) in [6.07, 6.45) is 0. The molecule has 3 nitrogen and oxygen atoms in total. The summed E-state index contributed by atoms with van der Waals surface area (Å²) < 4.78 is 17.8. The van der Waals surface area contributed by atoms with Gasteiger partial charge in [0.05, 0.1) is 6.61 Å². The van der Waals surface area contributed by atoms with Crippen molar-refractivity contribution < 1.29 is 13.9 Å². The smallest absolute Gasteiger partial charge is 0.327 e. The van der Waals surface area contributed by atoms with Gasteiger partial charge < -0.3 is 10.5 Å². The molecular formula is C10H12FNO2. The second-order valence-electron chi connectivity index (χ2n) is 2.75. The monoisotopic (exact) mass is 197 g/mol. The zero-order valence-electron chi connectivity index (χ0n) is 7.87. The molecule has 76 valence electrons. The van der Waals surface area contributed by atoms with Crippen LogP contribution in [-0.4, -0.2) is 12.6 Å². The molecule has 1 atom stereocenters. The van der Waals surface area contributed by atoms with E-state index >= 15 is 0 Å². The van der Waals surface area contributed by atoms with Gasteiger partial charge in [0.2, 0.25) is 0 Å². The molecule has 4 heteroatoms. The maximum Gasteiger partial charge on any atom is 0.327 e. The van der Waals surface area contributed by atoms with Crippen LogP contribution < -0.4 is 5.73 Å². The Hall–Kier alpha value is -1.42.